The van der Waals surface area contributed by atoms with Crippen LogP contribution in [0.4, 0.5) is 8.78 Å². The highest BCUT2D eigenvalue weighted by Crippen LogP contribution is 2.20. The zero-order chi connectivity index (χ0) is 17.5. The lowest BCUT2D eigenvalue weighted by molar-refractivity contribution is -0.0504. The molecule has 2 rings (SSSR count). The molecule has 0 saturated heterocycles. The van der Waals surface area contributed by atoms with Crippen molar-refractivity contribution in [1.29, 1.82) is 0 Å². The fraction of sp³-hybridized carbons (Fsp3) is 0.353. The quantitative estimate of drug-likeness (QED) is 0.405. The van der Waals surface area contributed by atoms with Crippen molar-refractivity contribution in [2.45, 2.75) is 19.7 Å². The zero-order valence-corrected chi connectivity index (χ0v) is 16.8. The van der Waals surface area contributed by atoms with E-state index in [1.54, 1.807) is 25.2 Å². The van der Waals surface area contributed by atoms with Crippen LogP contribution in [0.5, 0.6) is 5.75 Å². The van der Waals surface area contributed by atoms with Crippen LogP contribution < -0.4 is 10.1 Å². The van der Waals surface area contributed by atoms with Crippen LogP contribution in [0.3, 0.4) is 0 Å². The minimum Gasteiger partial charge on any atom is -0.434 e. The van der Waals surface area contributed by atoms with Crippen LogP contribution in [0.15, 0.2) is 47.6 Å². The zero-order valence-electron chi connectivity index (χ0n) is 14.4. The number of guanidine groups is 1. The molecule has 5 nitrogen and oxygen atoms in total. The van der Waals surface area contributed by atoms with E-state index in [1.807, 2.05) is 41.9 Å². The molecule has 0 bridgehead atoms. The summed E-state index contributed by atoms with van der Waals surface area (Å²) in [5.74, 6) is 0.837. The first-order chi connectivity index (χ1) is 11.5. The Morgan fingerprint density at radius 2 is 2.00 bits per heavy atom. The first-order valence-electron chi connectivity index (χ1n) is 7.56. The molecule has 1 aromatic heterocycles. The molecule has 8 heteroatoms. The number of ether oxygens (including phenoxy) is 1. The van der Waals surface area contributed by atoms with E-state index in [9.17, 15) is 8.78 Å². The van der Waals surface area contributed by atoms with Gasteiger partial charge in [-0.2, -0.15) is 8.78 Å². The molecule has 138 valence electrons. The molecule has 0 atom stereocenters. The Labute approximate surface area is 163 Å². The largest absolute Gasteiger partial charge is 0.434 e. The maximum Gasteiger partial charge on any atom is 0.387 e. The number of aromatic nitrogens is 1. The van der Waals surface area contributed by atoms with Crippen LogP contribution in [0.25, 0.3) is 0 Å². The van der Waals surface area contributed by atoms with E-state index in [0.717, 1.165) is 5.69 Å². The Bertz CT molecular complexity index is 691. The van der Waals surface area contributed by atoms with E-state index in [4.69, 9.17) is 0 Å². The van der Waals surface area contributed by atoms with Crippen LogP contribution in [-0.4, -0.2) is 36.1 Å². The van der Waals surface area contributed by atoms with Gasteiger partial charge in [0.2, 0.25) is 0 Å². The highest BCUT2D eigenvalue weighted by Gasteiger charge is 2.12. The summed E-state index contributed by atoms with van der Waals surface area (Å²) in [5.41, 5.74) is 1.79. The van der Waals surface area contributed by atoms with E-state index in [-0.39, 0.29) is 29.7 Å². The first-order valence-corrected chi connectivity index (χ1v) is 7.56. The molecule has 0 spiro atoms. The predicted octanol–water partition coefficient (Wildman–Crippen LogP) is 3.45. The maximum atomic E-state index is 12.5. The lowest BCUT2D eigenvalue weighted by Crippen LogP contribution is -2.38. The van der Waals surface area contributed by atoms with Crippen LogP contribution in [0.2, 0.25) is 0 Å². The van der Waals surface area contributed by atoms with Crippen molar-refractivity contribution in [3.05, 3.63) is 53.9 Å². The Balaban J connectivity index is 0.00000312. The van der Waals surface area contributed by atoms with Gasteiger partial charge in [0, 0.05) is 45.1 Å². The third kappa shape index (κ3) is 6.18. The second-order valence-electron chi connectivity index (χ2n) is 5.35. The molecule has 25 heavy (non-hydrogen) atoms. The number of benzene rings is 1. The summed E-state index contributed by atoms with van der Waals surface area (Å²) in [5, 5.41) is 3.17. The Morgan fingerprint density at radius 1 is 1.28 bits per heavy atom. The van der Waals surface area contributed by atoms with Gasteiger partial charge >= 0.3 is 6.61 Å². The van der Waals surface area contributed by atoms with E-state index >= 15 is 0 Å². The number of aliphatic imine (C=N–C) groups is 1. The summed E-state index contributed by atoms with van der Waals surface area (Å²) < 4.78 is 31.5. The number of rotatable bonds is 6. The number of hydrogen-bond acceptors (Lipinski definition) is 2. The Hall–Kier alpha value is -1.84. The molecule has 0 aliphatic rings. The molecular formula is C17H23F2IN4O. The summed E-state index contributed by atoms with van der Waals surface area (Å²) in [6, 6.07) is 10.7. The standard InChI is InChI=1S/C17H22F2N4O.HI/c1-20-17(23(3)12-14-8-6-10-22(14)2)21-11-13-7-4-5-9-15(13)24-16(18)19;/h4-10,16H,11-12H2,1-3H3,(H,20,21);1H. The number of nitrogens with zero attached hydrogens (tertiary/aromatic N) is 3. The molecule has 1 N–H and O–H groups in total. The van der Waals surface area contributed by atoms with Crippen LogP contribution in [0.1, 0.15) is 11.3 Å². The van der Waals surface area contributed by atoms with Gasteiger partial charge in [0.25, 0.3) is 0 Å². The average Bonchev–Trinajstić information content (AvgIpc) is 2.94. The Kier molecular flexibility index (Phi) is 8.67. The van der Waals surface area contributed by atoms with Gasteiger partial charge < -0.3 is 19.5 Å². The van der Waals surface area contributed by atoms with Crippen LogP contribution >= 0.6 is 24.0 Å². The second kappa shape index (κ2) is 10.2. The van der Waals surface area contributed by atoms with Gasteiger partial charge in [-0.15, -0.1) is 24.0 Å². The van der Waals surface area contributed by atoms with Crippen molar-refractivity contribution < 1.29 is 13.5 Å². The fourth-order valence-corrected chi connectivity index (χ4v) is 2.40. The number of halogens is 3. The number of hydrogen-bond donors (Lipinski definition) is 1. The van der Waals surface area contributed by atoms with Gasteiger partial charge in [-0.1, -0.05) is 18.2 Å². The summed E-state index contributed by atoms with van der Waals surface area (Å²) >= 11 is 0. The number of para-hydroxylation sites is 1. The molecule has 0 saturated carbocycles. The monoisotopic (exact) mass is 464 g/mol. The van der Waals surface area contributed by atoms with E-state index in [1.165, 1.54) is 6.07 Å². The van der Waals surface area contributed by atoms with Crippen molar-refractivity contribution in [1.82, 2.24) is 14.8 Å². The van der Waals surface area contributed by atoms with Crippen LogP contribution in [0, 0.1) is 0 Å². The SMILES string of the molecule is CN=C(NCc1ccccc1OC(F)F)N(C)Cc1cccn1C.I. The van der Waals surface area contributed by atoms with Gasteiger partial charge in [-0.05, 0) is 18.2 Å². The van der Waals surface area contributed by atoms with Crippen LogP contribution in [-0.2, 0) is 20.1 Å². The molecule has 0 fully saturated rings. The highest BCUT2D eigenvalue weighted by atomic mass is 127. The predicted molar refractivity (Wildman–Crippen MR) is 106 cm³/mol. The molecule has 0 aliphatic carbocycles. The normalized spacial score (nSPS) is 11.2. The Morgan fingerprint density at radius 3 is 2.60 bits per heavy atom. The van der Waals surface area contributed by atoms with E-state index in [0.29, 0.717) is 24.6 Å². The van der Waals surface area contributed by atoms with Crippen molar-refractivity contribution in [3.63, 3.8) is 0 Å². The van der Waals surface area contributed by atoms with Crippen molar-refractivity contribution in [2.75, 3.05) is 14.1 Å². The summed E-state index contributed by atoms with van der Waals surface area (Å²) in [6.45, 7) is -1.82. The molecule has 0 unspecified atom stereocenters. The second-order valence-corrected chi connectivity index (χ2v) is 5.35. The number of alkyl halides is 2. The van der Waals surface area contributed by atoms with Crippen molar-refractivity contribution in [3.8, 4) is 5.75 Å². The molecule has 0 radical (unpaired) electrons. The molecule has 1 aromatic carbocycles. The fourth-order valence-electron chi connectivity index (χ4n) is 2.40. The third-order valence-electron chi connectivity index (χ3n) is 3.65. The highest BCUT2D eigenvalue weighted by molar-refractivity contribution is 14.0. The van der Waals surface area contributed by atoms with Crippen molar-refractivity contribution >= 4 is 29.9 Å². The van der Waals surface area contributed by atoms with E-state index in [2.05, 4.69) is 15.0 Å². The van der Waals surface area contributed by atoms with Gasteiger partial charge in [0.15, 0.2) is 5.96 Å². The smallest absolute Gasteiger partial charge is 0.387 e. The topological polar surface area (TPSA) is 41.8 Å². The molecule has 0 aliphatic heterocycles. The minimum atomic E-state index is -2.84. The van der Waals surface area contributed by atoms with Gasteiger partial charge in [0.1, 0.15) is 5.75 Å². The van der Waals surface area contributed by atoms with Gasteiger partial charge in [-0.3, -0.25) is 4.99 Å². The lowest BCUT2D eigenvalue weighted by Gasteiger charge is -2.23. The van der Waals surface area contributed by atoms with Gasteiger partial charge in [0.05, 0.1) is 6.54 Å². The lowest BCUT2D eigenvalue weighted by atomic mass is 10.2. The average molecular weight is 464 g/mol. The molecule has 1 heterocycles. The van der Waals surface area contributed by atoms with E-state index < -0.39 is 6.61 Å². The summed E-state index contributed by atoms with van der Waals surface area (Å²) in [4.78, 5) is 6.20. The molecule has 0 amide bonds. The third-order valence-corrected chi connectivity index (χ3v) is 3.65. The molecular weight excluding hydrogens is 441 g/mol. The summed E-state index contributed by atoms with van der Waals surface area (Å²) in [6.07, 6.45) is 1.98. The minimum absolute atomic E-state index is 0. The van der Waals surface area contributed by atoms with Gasteiger partial charge in [-0.25, -0.2) is 0 Å². The number of aryl methyl sites for hydroxylation is 1. The summed E-state index contributed by atoms with van der Waals surface area (Å²) in [7, 11) is 5.59. The number of nitrogens with one attached hydrogen (secondary N) is 1. The first kappa shape index (κ1) is 21.2. The maximum absolute atomic E-state index is 12.5. The molecule has 2 aromatic rings. The van der Waals surface area contributed by atoms with Crippen molar-refractivity contribution in [2.24, 2.45) is 12.0 Å².